The summed E-state index contributed by atoms with van der Waals surface area (Å²) in [6, 6.07) is 10.3. The average molecular weight is 234 g/mol. The van der Waals surface area contributed by atoms with Gasteiger partial charge in [-0.25, -0.2) is 5.06 Å². The molecule has 1 aliphatic heterocycles. The Bertz CT molecular complexity index is 374. The molecule has 1 aromatic carbocycles. The summed E-state index contributed by atoms with van der Waals surface area (Å²) >= 11 is 0. The highest BCUT2D eigenvalue weighted by Gasteiger charge is 2.34. The normalized spacial score (nSPS) is 16.6. The lowest BCUT2D eigenvalue weighted by Crippen LogP contribution is -2.53. The number of rotatable bonds is 4. The van der Waals surface area contributed by atoms with Crippen molar-refractivity contribution in [3.05, 3.63) is 35.9 Å². The maximum Gasteiger partial charge on any atom is 0.251 e. The van der Waals surface area contributed by atoms with Crippen molar-refractivity contribution in [1.29, 1.82) is 0 Å². The van der Waals surface area contributed by atoms with Gasteiger partial charge < -0.3 is 0 Å². The molecule has 0 bridgehead atoms. The number of hydrogen-bond donors (Lipinski definition) is 0. The molecule has 2 rings (SSSR count). The lowest BCUT2D eigenvalue weighted by Gasteiger charge is -2.39. The van der Waals surface area contributed by atoms with Gasteiger partial charge in [0.1, 0.15) is 0 Å². The standard InChI is InChI=1S/C13H18N2O2/c1-14(17-2)13(16)12-9-15(10-12)8-11-6-4-3-5-7-11/h3-7,12H,8-10H2,1-2H3. The molecule has 0 radical (unpaired) electrons. The number of nitrogens with zero attached hydrogens (tertiary/aromatic N) is 2. The second-order valence-corrected chi connectivity index (χ2v) is 4.39. The third kappa shape index (κ3) is 2.84. The summed E-state index contributed by atoms with van der Waals surface area (Å²) in [5.74, 6) is 0.153. The van der Waals surface area contributed by atoms with Crippen molar-refractivity contribution >= 4 is 5.91 Å². The van der Waals surface area contributed by atoms with E-state index in [0.29, 0.717) is 0 Å². The first kappa shape index (κ1) is 12.1. The molecule has 4 heteroatoms. The van der Waals surface area contributed by atoms with Crippen LogP contribution in [0.15, 0.2) is 30.3 Å². The Balaban J connectivity index is 1.78. The predicted octanol–water partition coefficient (Wildman–Crippen LogP) is 1.14. The lowest BCUT2D eigenvalue weighted by atomic mass is 9.98. The summed E-state index contributed by atoms with van der Waals surface area (Å²) in [6.07, 6.45) is 0. The van der Waals surface area contributed by atoms with Crippen LogP contribution in [-0.4, -0.2) is 43.1 Å². The Labute approximate surface area is 102 Å². The molecule has 1 heterocycles. The first-order chi connectivity index (χ1) is 8.20. The van der Waals surface area contributed by atoms with Crippen LogP contribution in [-0.2, 0) is 16.2 Å². The highest BCUT2D eigenvalue weighted by atomic mass is 16.7. The summed E-state index contributed by atoms with van der Waals surface area (Å²) in [5.41, 5.74) is 1.29. The van der Waals surface area contributed by atoms with Crippen molar-refractivity contribution in [2.75, 3.05) is 27.2 Å². The number of likely N-dealkylation sites (tertiary alicyclic amines) is 1. The number of amides is 1. The summed E-state index contributed by atoms with van der Waals surface area (Å²) < 4.78 is 0. The van der Waals surface area contributed by atoms with Gasteiger partial charge in [0.2, 0.25) is 0 Å². The second-order valence-electron chi connectivity index (χ2n) is 4.39. The van der Waals surface area contributed by atoms with Gasteiger partial charge in [0.25, 0.3) is 5.91 Å². The van der Waals surface area contributed by atoms with Crippen LogP contribution in [0.25, 0.3) is 0 Å². The quantitative estimate of drug-likeness (QED) is 0.732. The molecule has 17 heavy (non-hydrogen) atoms. The van der Waals surface area contributed by atoms with Gasteiger partial charge in [-0.2, -0.15) is 0 Å². The molecular formula is C13H18N2O2. The highest BCUT2D eigenvalue weighted by molar-refractivity contribution is 5.78. The number of hydroxylamine groups is 2. The van der Waals surface area contributed by atoms with E-state index < -0.39 is 0 Å². The molecular weight excluding hydrogens is 216 g/mol. The number of carbonyl (C=O) groups is 1. The van der Waals surface area contributed by atoms with Crippen LogP contribution in [0.4, 0.5) is 0 Å². The summed E-state index contributed by atoms with van der Waals surface area (Å²) in [7, 11) is 3.17. The minimum Gasteiger partial charge on any atom is -0.297 e. The first-order valence-electron chi connectivity index (χ1n) is 5.78. The van der Waals surface area contributed by atoms with E-state index in [2.05, 4.69) is 17.0 Å². The molecule has 92 valence electrons. The zero-order valence-electron chi connectivity index (χ0n) is 10.3. The lowest BCUT2D eigenvalue weighted by molar-refractivity contribution is -0.178. The SMILES string of the molecule is CON(C)C(=O)C1CN(Cc2ccccc2)C1. The molecule has 0 atom stereocenters. The van der Waals surface area contributed by atoms with Gasteiger partial charge in [0.15, 0.2) is 0 Å². The van der Waals surface area contributed by atoms with E-state index in [9.17, 15) is 4.79 Å². The monoisotopic (exact) mass is 234 g/mol. The Morgan fingerprint density at radius 1 is 1.41 bits per heavy atom. The largest absolute Gasteiger partial charge is 0.297 e. The van der Waals surface area contributed by atoms with Crippen molar-refractivity contribution in [2.24, 2.45) is 5.92 Å². The third-order valence-electron chi connectivity index (χ3n) is 3.14. The maximum atomic E-state index is 11.7. The van der Waals surface area contributed by atoms with Crippen LogP contribution < -0.4 is 0 Å². The summed E-state index contributed by atoms with van der Waals surface area (Å²) in [4.78, 5) is 18.9. The highest BCUT2D eigenvalue weighted by Crippen LogP contribution is 2.20. The predicted molar refractivity (Wildman–Crippen MR) is 65.0 cm³/mol. The van der Waals surface area contributed by atoms with E-state index in [1.54, 1.807) is 7.05 Å². The van der Waals surface area contributed by atoms with Gasteiger partial charge in [-0.1, -0.05) is 30.3 Å². The van der Waals surface area contributed by atoms with Gasteiger partial charge >= 0.3 is 0 Å². The molecule has 1 aliphatic rings. The molecule has 1 aromatic rings. The minimum atomic E-state index is 0.0665. The van der Waals surface area contributed by atoms with Crippen molar-refractivity contribution < 1.29 is 9.63 Å². The molecule has 1 fully saturated rings. The van der Waals surface area contributed by atoms with Crippen molar-refractivity contribution in [3.8, 4) is 0 Å². The Morgan fingerprint density at radius 2 is 2.06 bits per heavy atom. The van der Waals surface area contributed by atoms with E-state index in [1.807, 2.05) is 18.2 Å². The topological polar surface area (TPSA) is 32.8 Å². The molecule has 0 aliphatic carbocycles. The van der Waals surface area contributed by atoms with Crippen LogP contribution in [0.5, 0.6) is 0 Å². The van der Waals surface area contributed by atoms with Crippen LogP contribution in [0.1, 0.15) is 5.56 Å². The van der Waals surface area contributed by atoms with E-state index in [4.69, 9.17) is 4.84 Å². The van der Waals surface area contributed by atoms with E-state index >= 15 is 0 Å². The average Bonchev–Trinajstić information content (AvgIpc) is 2.32. The molecule has 0 saturated carbocycles. The van der Waals surface area contributed by atoms with Crippen LogP contribution in [0, 0.1) is 5.92 Å². The Hall–Kier alpha value is -1.39. The van der Waals surface area contributed by atoms with Gasteiger partial charge in [0, 0.05) is 26.7 Å². The summed E-state index contributed by atoms with van der Waals surface area (Å²) in [5, 5.41) is 1.31. The van der Waals surface area contributed by atoms with Gasteiger partial charge in [-0.05, 0) is 5.56 Å². The molecule has 0 unspecified atom stereocenters. The fraction of sp³-hybridized carbons (Fsp3) is 0.462. The van der Waals surface area contributed by atoms with Crippen molar-refractivity contribution in [3.63, 3.8) is 0 Å². The Morgan fingerprint density at radius 3 is 2.65 bits per heavy atom. The Kier molecular flexibility index (Phi) is 3.76. The molecule has 1 amide bonds. The molecule has 0 aromatic heterocycles. The minimum absolute atomic E-state index is 0.0665. The van der Waals surface area contributed by atoms with Gasteiger partial charge in [-0.15, -0.1) is 0 Å². The molecule has 0 spiro atoms. The van der Waals surface area contributed by atoms with E-state index in [-0.39, 0.29) is 11.8 Å². The fourth-order valence-electron chi connectivity index (χ4n) is 2.04. The van der Waals surface area contributed by atoms with E-state index in [1.165, 1.54) is 17.7 Å². The smallest absolute Gasteiger partial charge is 0.251 e. The number of benzene rings is 1. The zero-order chi connectivity index (χ0) is 12.3. The van der Waals surface area contributed by atoms with Crippen LogP contribution in [0.3, 0.4) is 0 Å². The maximum absolute atomic E-state index is 11.7. The number of hydrogen-bond acceptors (Lipinski definition) is 3. The molecule has 0 N–H and O–H groups in total. The van der Waals surface area contributed by atoms with Crippen molar-refractivity contribution in [2.45, 2.75) is 6.54 Å². The van der Waals surface area contributed by atoms with E-state index in [0.717, 1.165) is 19.6 Å². The van der Waals surface area contributed by atoms with Crippen LogP contribution >= 0.6 is 0 Å². The second kappa shape index (κ2) is 5.29. The molecule has 4 nitrogen and oxygen atoms in total. The van der Waals surface area contributed by atoms with Crippen molar-refractivity contribution in [1.82, 2.24) is 9.96 Å². The van der Waals surface area contributed by atoms with Gasteiger partial charge in [0.05, 0.1) is 13.0 Å². The third-order valence-corrected chi connectivity index (χ3v) is 3.14. The fourth-order valence-corrected chi connectivity index (χ4v) is 2.04. The number of carbonyl (C=O) groups excluding carboxylic acids is 1. The van der Waals surface area contributed by atoms with Gasteiger partial charge in [-0.3, -0.25) is 14.5 Å². The summed E-state index contributed by atoms with van der Waals surface area (Å²) in [6.45, 7) is 2.56. The zero-order valence-corrected chi connectivity index (χ0v) is 10.3. The first-order valence-corrected chi connectivity index (χ1v) is 5.78. The van der Waals surface area contributed by atoms with Crippen LogP contribution in [0.2, 0.25) is 0 Å². The molecule has 1 saturated heterocycles.